The van der Waals surface area contributed by atoms with Gasteiger partial charge in [0.05, 0.1) is 4.92 Å². The maximum atomic E-state index is 10.7. The molecule has 0 fully saturated rings. The summed E-state index contributed by atoms with van der Waals surface area (Å²) < 4.78 is 5.30. The molecule has 0 atom stereocenters. The highest BCUT2D eigenvalue weighted by molar-refractivity contribution is 5.48. The van der Waals surface area contributed by atoms with Gasteiger partial charge in [-0.15, -0.1) is 0 Å². The zero-order valence-electron chi connectivity index (χ0n) is 9.05. The van der Waals surface area contributed by atoms with Gasteiger partial charge in [0.2, 0.25) is 0 Å². The lowest BCUT2D eigenvalue weighted by atomic mass is 10.2. The summed E-state index contributed by atoms with van der Waals surface area (Å²) in [4.78, 5) is 10.3. The number of ether oxygens (including phenoxy) is 1. The topological polar surface area (TPSA) is 78.4 Å². The SMILES string of the molecule is CC=CCOc1cc(CN)ccc1[N+](=O)[O-]. The third-order valence-corrected chi connectivity index (χ3v) is 2.03. The van der Waals surface area contributed by atoms with Crippen molar-refractivity contribution in [1.29, 1.82) is 0 Å². The number of benzene rings is 1. The van der Waals surface area contributed by atoms with E-state index in [9.17, 15) is 10.1 Å². The number of hydrogen-bond donors (Lipinski definition) is 1. The van der Waals surface area contributed by atoms with Crippen molar-refractivity contribution in [2.45, 2.75) is 13.5 Å². The summed E-state index contributed by atoms with van der Waals surface area (Å²) in [6, 6.07) is 4.63. The zero-order valence-corrected chi connectivity index (χ0v) is 9.05. The summed E-state index contributed by atoms with van der Waals surface area (Å²) in [6.07, 6.45) is 3.59. The maximum Gasteiger partial charge on any atom is 0.310 e. The minimum absolute atomic E-state index is 0.0401. The van der Waals surface area contributed by atoms with Crippen LogP contribution in [0.25, 0.3) is 0 Å². The molecule has 1 rings (SSSR count). The standard InChI is InChI=1S/C11H14N2O3/c1-2-3-6-16-11-7-9(8-12)4-5-10(11)13(14)15/h2-5,7H,6,8,12H2,1H3. The number of hydrogen-bond acceptors (Lipinski definition) is 4. The van der Waals surface area contributed by atoms with Crippen molar-refractivity contribution in [3.63, 3.8) is 0 Å². The number of nitrogens with two attached hydrogens (primary N) is 1. The molecule has 0 heterocycles. The molecule has 0 unspecified atom stereocenters. The molecular weight excluding hydrogens is 208 g/mol. The van der Waals surface area contributed by atoms with Crippen LogP contribution in [0.3, 0.4) is 0 Å². The second kappa shape index (κ2) is 5.87. The molecule has 0 aromatic heterocycles. The molecule has 0 spiro atoms. The maximum absolute atomic E-state index is 10.7. The molecule has 5 nitrogen and oxygen atoms in total. The van der Waals surface area contributed by atoms with Crippen LogP contribution in [-0.4, -0.2) is 11.5 Å². The fourth-order valence-electron chi connectivity index (χ4n) is 1.19. The van der Waals surface area contributed by atoms with Crippen molar-refractivity contribution in [3.05, 3.63) is 46.0 Å². The van der Waals surface area contributed by atoms with Crippen LogP contribution in [0, 0.1) is 10.1 Å². The number of nitro groups is 1. The van der Waals surface area contributed by atoms with Crippen LogP contribution in [0.1, 0.15) is 12.5 Å². The molecule has 0 radical (unpaired) electrons. The van der Waals surface area contributed by atoms with Gasteiger partial charge in [0.15, 0.2) is 5.75 Å². The van der Waals surface area contributed by atoms with Gasteiger partial charge in [0.1, 0.15) is 6.61 Å². The Kier molecular flexibility index (Phi) is 4.47. The third-order valence-electron chi connectivity index (χ3n) is 2.03. The second-order valence-corrected chi connectivity index (χ2v) is 3.14. The number of nitro benzene ring substituents is 1. The van der Waals surface area contributed by atoms with Crippen LogP contribution in [0.4, 0.5) is 5.69 Å². The average molecular weight is 222 g/mol. The van der Waals surface area contributed by atoms with Gasteiger partial charge in [-0.05, 0) is 18.6 Å². The molecule has 0 saturated carbocycles. The zero-order chi connectivity index (χ0) is 12.0. The van der Waals surface area contributed by atoms with Gasteiger partial charge < -0.3 is 10.5 Å². The van der Waals surface area contributed by atoms with Crippen LogP contribution < -0.4 is 10.5 Å². The first kappa shape index (κ1) is 12.2. The van der Waals surface area contributed by atoms with Crippen molar-refractivity contribution < 1.29 is 9.66 Å². The summed E-state index contributed by atoms with van der Waals surface area (Å²) in [7, 11) is 0. The molecule has 0 aliphatic rings. The first-order chi connectivity index (χ1) is 7.69. The Hall–Kier alpha value is -1.88. The van der Waals surface area contributed by atoms with Crippen LogP contribution >= 0.6 is 0 Å². The van der Waals surface area contributed by atoms with Gasteiger partial charge in [-0.2, -0.15) is 0 Å². The number of rotatable bonds is 5. The van der Waals surface area contributed by atoms with E-state index >= 15 is 0 Å². The lowest BCUT2D eigenvalue weighted by Crippen LogP contribution is -2.01. The van der Waals surface area contributed by atoms with Crippen LogP contribution in [-0.2, 0) is 6.54 Å². The Balaban J connectivity index is 2.95. The molecule has 1 aromatic rings. The smallest absolute Gasteiger partial charge is 0.310 e. The fourth-order valence-corrected chi connectivity index (χ4v) is 1.19. The third kappa shape index (κ3) is 3.06. The first-order valence-electron chi connectivity index (χ1n) is 4.90. The molecule has 1 aromatic carbocycles. The highest BCUT2D eigenvalue weighted by atomic mass is 16.6. The van der Waals surface area contributed by atoms with Gasteiger partial charge in [-0.1, -0.05) is 18.2 Å². The minimum Gasteiger partial charge on any atom is -0.483 e. The Labute approximate surface area is 93.7 Å². The molecule has 2 N–H and O–H groups in total. The molecule has 0 bridgehead atoms. The predicted octanol–water partition coefficient (Wildman–Crippen LogP) is 2.01. The van der Waals surface area contributed by atoms with E-state index in [2.05, 4.69) is 0 Å². The summed E-state index contributed by atoms with van der Waals surface area (Å²) in [5, 5.41) is 10.7. The van der Waals surface area contributed by atoms with E-state index in [0.717, 1.165) is 5.56 Å². The molecule has 5 heteroatoms. The predicted molar refractivity (Wildman–Crippen MR) is 61.3 cm³/mol. The molecule has 0 saturated heterocycles. The number of allylic oxidation sites excluding steroid dienone is 1. The Morgan fingerprint density at radius 1 is 1.56 bits per heavy atom. The monoisotopic (exact) mass is 222 g/mol. The lowest BCUT2D eigenvalue weighted by molar-refractivity contribution is -0.385. The van der Waals surface area contributed by atoms with Crippen molar-refractivity contribution in [2.24, 2.45) is 5.73 Å². The van der Waals surface area contributed by atoms with E-state index in [1.807, 2.05) is 13.0 Å². The van der Waals surface area contributed by atoms with Crippen molar-refractivity contribution in [2.75, 3.05) is 6.61 Å². The lowest BCUT2D eigenvalue weighted by Gasteiger charge is -2.05. The van der Waals surface area contributed by atoms with E-state index in [1.54, 1.807) is 18.2 Å². The highest BCUT2D eigenvalue weighted by Gasteiger charge is 2.14. The van der Waals surface area contributed by atoms with Gasteiger partial charge in [0.25, 0.3) is 0 Å². The van der Waals surface area contributed by atoms with Crippen molar-refractivity contribution in [1.82, 2.24) is 0 Å². The minimum atomic E-state index is -0.467. The van der Waals surface area contributed by atoms with Crippen LogP contribution in [0.15, 0.2) is 30.4 Å². The summed E-state index contributed by atoms with van der Waals surface area (Å²) in [5.41, 5.74) is 6.23. The first-order valence-corrected chi connectivity index (χ1v) is 4.90. The van der Waals surface area contributed by atoms with Crippen molar-refractivity contribution in [3.8, 4) is 5.75 Å². The Morgan fingerprint density at radius 2 is 2.31 bits per heavy atom. The van der Waals surface area contributed by atoms with Crippen LogP contribution in [0.5, 0.6) is 5.75 Å². The van der Waals surface area contributed by atoms with Gasteiger partial charge in [-0.3, -0.25) is 10.1 Å². The molecule has 0 aliphatic carbocycles. The van der Waals surface area contributed by atoms with E-state index < -0.39 is 4.92 Å². The largest absolute Gasteiger partial charge is 0.483 e. The Bertz CT molecular complexity index is 402. The normalized spacial score (nSPS) is 10.6. The highest BCUT2D eigenvalue weighted by Crippen LogP contribution is 2.27. The number of nitrogens with zero attached hydrogens (tertiary/aromatic N) is 1. The molecule has 0 amide bonds. The molecular formula is C11H14N2O3. The molecule has 0 aliphatic heterocycles. The van der Waals surface area contributed by atoms with Crippen LogP contribution in [0.2, 0.25) is 0 Å². The quantitative estimate of drug-likeness (QED) is 0.469. The van der Waals surface area contributed by atoms with Gasteiger partial charge in [0, 0.05) is 12.6 Å². The van der Waals surface area contributed by atoms with E-state index in [1.165, 1.54) is 6.07 Å². The van der Waals surface area contributed by atoms with Crippen molar-refractivity contribution >= 4 is 5.69 Å². The van der Waals surface area contributed by atoms with E-state index in [0.29, 0.717) is 13.2 Å². The van der Waals surface area contributed by atoms with Gasteiger partial charge in [-0.25, -0.2) is 0 Å². The summed E-state index contributed by atoms with van der Waals surface area (Å²) in [5.74, 6) is 0.256. The average Bonchev–Trinajstić information content (AvgIpc) is 2.29. The van der Waals surface area contributed by atoms with Gasteiger partial charge >= 0.3 is 5.69 Å². The summed E-state index contributed by atoms with van der Waals surface area (Å²) >= 11 is 0. The van der Waals surface area contributed by atoms with E-state index in [-0.39, 0.29) is 11.4 Å². The Morgan fingerprint density at radius 3 is 2.88 bits per heavy atom. The second-order valence-electron chi connectivity index (χ2n) is 3.14. The summed E-state index contributed by atoms with van der Waals surface area (Å²) in [6.45, 7) is 2.50. The molecule has 86 valence electrons. The van der Waals surface area contributed by atoms with E-state index in [4.69, 9.17) is 10.5 Å². The molecule has 16 heavy (non-hydrogen) atoms. The fraction of sp³-hybridized carbons (Fsp3) is 0.273.